The van der Waals surface area contributed by atoms with Crippen molar-refractivity contribution >= 4 is 18.3 Å². The summed E-state index contributed by atoms with van der Waals surface area (Å²) in [5, 5.41) is 17.4. The number of carboxylic acids is 1. The number of pyridine rings is 1. The van der Waals surface area contributed by atoms with Gasteiger partial charge in [0.2, 0.25) is 0 Å². The Morgan fingerprint density at radius 3 is 2.50 bits per heavy atom. The number of aromatic nitrogens is 1. The molecule has 72 valence electrons. The number of aliphatic hydroxyl groups is 1. The molecular formula is C9H7NO4. The van der Waals surface area contributed by atoms with Gasteiger partial charge in [-0.25, -0.2) is 4.79 Å². The molecule has 0 aromatic carbocycles. The largest absolute Gasteiger partial charge is 0.505 e. The number of aliphatic hydroxyl groups excluding tert-OH is 1. The summed E-state index contributed by atoms with van der Waals surface area (Å²) < 4.78 is 0. The van der Waals surface area contributed by atoms with Gasteiger partial charge in [-0.3, -0.25) is 9.78 Å². The van der Waals surface area contributed by atoms with Gasteiger partial charge in [0.1, 0.15) is 0 Å². The molecule has 0 unspecified atom stereocenters. The van der Waals surface area contributed by atoms with E-state index in [1.165, 1.54) is 12.1 Å². The van der Waals surface area contributed by atoms with Crippen LogP contribution in [0, 0.1) is 0 Å². The molecule has 0 aliphatic heterocycles. The molecule has 2 N–H and O–H groups in total. The Balaban J connectivity index is 2.94. The van der Waals surface area contributed by atoms with Gasteiger partial charge >= 0.3 is 5.97 Å². The number of aromatic carboxylic acids is 1. The monoisotopic (exact) mass is 193 g/mol. The van der Waals surface area contributed by atoms with E-state index in [0.717, 1.165) is 12.3 Å². The van der Waals surface area contributed by atoms with Crippen molar-refractivity contribution in [3.05, 3.63) is 35.3 Å². The maximum atomic E-state index is 10.4. The van der Waals surface area contributed by atoms with E-state index in [9.17, 15) is 9.59 Å². The van der Waals surface area contributed by atoms with Gasteiger partial charge in [0.25, 0.3) is 0 Å². The van der Waals surface area contributed by atoms with Gasteiger partial charge in [-0.1, -0.05) is 0 Å². The summed E-state index contributed by atoms with van der Waals surface area (Å²) in [4.78, 5) is 24.2. The summed E-state index contributed by atoms with van der Waals surface area (Å²) in [6.45, 7) is 0. The lowest BCUT2D eigenvalue weighted by atomic mass is 10.2. The average Bonchev–Trinajstić information content (AvgIpc) is 2.18. The second-order valence-corrected chi connectivity index (χ2v) is 2.46. The van der Waals surface area contributed by atoms with Crippen molar-refractivity contribution in [2.45, 2.75) is 0 Å². The zero-order chi connectivity index (χ0) is 10.6. The third-order valence-electron chi connectivity index (χ3n) is 1.45. The highest BCUT2D eigenvalue weighted by Crippen LogP contribution is 2.03. The number of carbonyl (C=O) groups is 2. The van der Waals surface area contributed by atoms with Crippen LogP contribution in [-0.4, -0.2) is 27.5 Å². The van der Waals surface area contributed by atoms with Crippen LogP contribution in [0.25, 0.3) is 6.08 Å². The van der Waals surface area contributed by atoms with Gasteiger partial charge in [-0.2, -0.15) is 0 Å². The van der Waals surface area contributed by atoms with E-state index in [4.69, 9.17) is 10.2 Å². The van der Waals surface area contributed by atoms with Crippen molar-refractivity contribution in [3.63, 3.8) is 0 Å². The molecule has 1 aromatic rings. The molecule has 14 heavy (non-hydrogen) atoms. The molecule has 5 heteroatoms. The lowest BCUT2D eigenvalue weighted by Gasteiger charge is -1.94. The van der Waals surface area contributed by atoms with Gasteiger partial charge in [0.15, 0.2) is 12.0 Å². The first-order valence-electron chi connectivity index (χ1n) is 3.68. The highest BCUT2D eigenvalue weighted by molar-refractivity contribution is 5.87. The molecule has 5 nitrogen and oxygen atoms in total. The Hall–Kier alpha value is -2.17. The lowest BCUT2D eigenvalue weighted by Crippen LogP contribution is -1.97. The highest BCUT2D eigenvalue weighted by atomic mass is 16.4. The van der Waals surface area contributed by atoms with E-state index >= 15 is 0 Å². The number of hydrogen-bond acceptors (Lipinski definition) is 4. The number of allylic oxidation sites excluding steroid dienone is 1. The molecule has 0 saturated heterocycles. The summed E-state index contributed by atoms with van der Waals surface area (Å²) in [5.74, 6) is -1.53. The minimum atomic E-state index is -1.08. The second-order valence-electron chi connectivity index (χ2n) is 2.46. The van der Waals surface area contributed by atoms with E-state index in [2.05, 4.69) is 4.98 Å². The molecule has 0 spiro atoms. The quantitative estimate of drug-likeness (QED) is 0.422. The number of aldehydes is 1. The maximum absolute atomic E-state index is 10.4. The van der Waals surface area contributed by atoms with Crippen molar-refractivity contribution in [3.8, 4) is 0 Å². The summed E-state index contributed by atoms with van der Waals surface area (Å²) >= 11 is 0. The minimum absolute atomic E-state index is 0.0488. The fourth-order valence-corrected chi connectivity index (χ4v) is 0.803. The third-order valence-corrected chi connectivity index (χ3v) is 1.45. The maximum Gasteiger partial charge on any atom is 0.337 e. The van der Waals surface area contributed by atoms with Crippen LogP contribution >= 0.6 is 0 Å². The van der Waals surface area contributed by atoms with Gasteiger partial charge in [-0.15, -0.1) is 0 Å². The van der Waals surface area contributed by atoms with Crippen molar-refractivity contribution in [1.29, 1.82) is 0 Å². The van der Waals surface area contributed by atoms with Crippen molar-refractivity contribution in [1.82, 2.24) is 4.98 Å². The highest BCUT2D eigenvalue weighted by Gasteiger charge is 2.01. The summed E-state index contributed by atoms with van der Waals surface area (Å²) in [6, 6.07) is 2.72. The third kappa shape index (κ3) is 2.41. The van der Waals surface area contributed by atoms with E-state index in [0.29, 0.717) is 5.69 Å². The van der Waals surface area contributed by atoms with Crippen LogP contribution in [-0.2, 0) is 4.79 Å². The van der Waals surface area contributed by atoms with Crippen molar-refractivity contribution in [2.24, 2.45) is 0 Å². The number of nitrogens with zero attached hydrogens (tertiary/aromatic N) is 1. The van der Waals surface area contributed by atoms with Gasteiger partial charge in [-0.05, 0) is 12.1 Å². The van der Waals surface area contributed by atoms with Crippen LogP contribution < -0.4 is 0 Å². The molecule has 0 atom stereocenters. The second kappa shape index (κ2) is 4.18. The number of carboxylic acid groups (broad SMARTS) is 1. The summed E-state index contributed by atoms with van der Waals surface area (Å²) in [5.41, 5.74) is 0.368. The SMILES string of the molecule is O=CC(O)=Cc1ccc(C(=O)O)cn1. The number of carbonyl (C=O) groups excluding carboxylic acids is 1. The Morgan fingerprint density at radius 2 is 2.07 bits per heavy atom. The zero-order valence-electron chi connectivity index (χ0n) is 7.04. The fraction of sp³-hybridized carbons (Fsp3) is 0. The molecule has 1 aromatic heterocycles. The van der Waals surface area contributed by atoms with Gasteiger partial charge in [0.05, 0.1) is 11.3 Å². The fourth-order valence-electron chi connectivity index (χ4n) is 0.803. The molecule has 1 heterocycles. The number of rotatable bonds is 3. The smallest absolute Gasteiger partial charge is 0.337 e. The first kappa shape index (κ1) is 9.91. The summed E-state index contributed by atoms with van der Waals surface area (Å²) in [7, 11) is 0. The Labute approximate surface area is 79.3 Å². The Bertz CT molecular complexity index is 380. The molecule has 0 fully saturated rings. The van der Waals surface area contributed by atoms with E-state index in [-0.39, 0.29) is 11.8 Å². The van der Waals surface area contributed by atoms with Crippen LogP contribution in [0.5, 0.6) is 0 Å². The molecule has 0 aliphatic rings. The lowest BCUT2D eigenvalue weighted by molar-refractivity contribution is -0.106. The molecule has 0 amide bonds. The standard InChI is InChI=1S/C9H7NO4/c11-5-8(12)3-7-2-1-6(4-10-7)9(13)14/h1-5,12H,(H,13,14). The van der Waals surface area contributed by atoms with Gasteiger partial charge < -0.3 is 10.2 Å². The molecule has 0 saturated carbocycles. The van der Waals surface area contributed by atoms with E-state index in [1.54, 1.807) is 0 Å². The normalized spacial score (nSPS) is 11.0. The summed E-state index contributed by atoms with van der Waals surface area (Å²) in [6.07, 6.45) is 2.55. The Morgan fingerprint density at radius 1 is 1.36 bits per heavy atom. The molecule has 0 aliphatic carbocycles. The molecule has 1 rings (SSSR count). The molecule has 0 radical (unpaired) electrons. The molecular weight excluding hydrogens is 186 g/mol. The van der Waals surface area contributed by atoms with E-state index in [1.807, 2.05) is 0 Å². The minimum Gasteiger partial charge on any atom is -0.505 e. The first-order valence-corrected chi connectivity index (χ1v) is 3.68. The van der Waals surface area contributed by atoms with Crippen LogP contribution in [0.1, 0.15) is 16.1 Å². The molecule has 0 bridgehead atoms. The zero-order valence-corrected chi connectivity index (χ0v) is 7.04. The topological polar surface area (TPSA) is 87.5 Å². The van der Waals surface area contributed by atoms with Crippen LogP contribution in [0.2, 0.25) is 0 Å². The van der Waals surface area contributed by atoms with E-state index < -0.39 is 11.7 Å². The Kier molecular flexibility index (Phi) is 2.96. The van der Waals surface area contributed by atoms with Gasteiger partial charge in [0, 0.05) is 12.3 Å². The van der Waals surface area contributed by atoms with Crippen molar-refractivity contribution < 1.29 is 19.8 Å². The van der Waals surface area contributed by atoms with Crippen LogP contribution in [0.15, 0.2) is 24.1 Å². The van der Waals surface area contributed by atoms with Crippen LogP contribution in [0.4, 0.5) is 0 Å². The predicted octanol–water partition coefficient (Wildman–Crippen LogP) is 0.878. The average molecular weight is 193 g/mol. The number of hydrogen-bond donors (Lipinski definition) is 2. The predicted molar refractivity (Wildman–Crippen MR) is 47.9 cm³/mol. The van der Waals surface area contributed by atoms with Crippen molar-refractivity contribution in [2.75, 3.05) is 0 Å². The van der Waals surface area contributed by atoms with Crippen LogP contribution in [0.3, 0.4) is 0 Å². The first-order chi connectivity index (χ1) is 6.63.